The van der Waals surface area contributed by atoms with Crippen molar-refractivity contribution in [2.24, 2.45) is 0 Å². The Bertz CT molecular complexity index is 1050. The lowest BCUT2D eigenvalue weighted by molar-refractivity contribution is -1.12. The van der Waals surface area contributed by atoms with E-state index in [0.29, 0.717) is 24.7 Å². The second-order valence-electron chi connectivity index (χ2n) is 9.21. The van der Waals surface area contributed by atoms with Crippen LogP contribution in [0.3, 0.4) is 0 Å². The van der Waals surface area contributed by atoms with Crippen molar-refractivity contribution < 1.29 is 24.2 Å². The first kappa shape index (κ1) is 22.5. The summed E-state index contributed by atoms with van der Waals surface area (Å²) in [5.74, 6) is -1.68. The normalized spacial score (nSPS) is 26.6. The maximum absolute atomic E-state index is 12.7. The molecule has 0 bridgehead atoms. The molecular formula is C25H28ClN2O4+. The van der Waals surface area contributed by atoms with Gasteiger partial charge in [-0.05, 0) is 37.1 Å². The third-order valence-electron chi connectivity index (χ3n) is 6.40. The minimum atomic E-state index is -1.18. The van der Waals surface area contributed by atoms with Crippen molar-refractivity contribution >= 4 is 23.5 Å². The van der Waals surface area contributed by atoms with Crippen LogP contribution >= 0.6 is 11.6 Å². The van der Waals surface area contributed by atoms with Crippen molar-refractivity contribution in [2.75, 3.05) is 19.6 Å². The van der Waals surface area contributed by atoms with Crippen LogP contribution in [0.4, 0.5) is 0 Å². The molecule has 4 rings (SSSR count). The molecule has 6 nitrogen and oxygen atoms in total. The molecule has 2 aromatic rings. The number of carbonyl (C=O) groups is 2. The summed E-state index contributed by atoms with van der Waals surface area (Å²) in [5, 5.41) is 13.1. The summed E-state index contributed by atoms with van der Waals surface area (Å²) in [6, 6.07) is 16.2. The van der Waals surface area contributed by atoms with Gasteiger partial charge < -0.3 is 10.4 Å². The highest BCUT2D eigenvalue weighted by molar-refractivity contribution is 6.30. The number of hydrogen-bond acceptors (Lipinski definition) is 4. The Labute approximate surface area is 193 Å². The smallest absolute Gasteiger partial charge is 0.390 e. The van der Waals surface area contributed by atoms with E-state index >= 15 is 0 Å². The number of hydroxylamine groups is 3. The maximum atomic E-state index is 12.7. The molecule has 0 spiro atoms. The molecule has 3 atom stereocenters. The molecule has 1 aliphatic carbocycles. The second kappa shape index (κ2) is 8.70. The summed E-state index contributed by atoms with van der Waals surface area (Å²) >= 11 is 6.41. The fraction of sp³-hybridized carbons (Fsp3) is 0.360. The highest BCUT2D eigenvalue weighted by Crippen LogP contribution is 2.51. The van der Waals surface area contributed by atoms with Gasteiger partial charge in [0.15, 0.2) is 6.04 Å². The molecule has 168 valence electrons. The molecule has 2 N–H and O–H groups in total. The fourth-order valence-electron chi connectivity index (χ4n) is 5.22. The molecule has 32 heavy (non-hydrogen) atoms. The van der Waals surface area contributed by atoms with Gasteiger partial charge >= 0.3 is 11.9 Å². The molecule has 0 aromatic heterocycles. The number of piperazine rings is 1. The monoisotopic (exact) mass is 455 g/mol. The summed E-state index contributed by atoms with van der Waals surface area (Å²) in [5.41, 5.74) is 3.22. The molecule has 1 unspecified atom stereocenters. The molecule has 0 radical (unpaired) electrons. The second-order valence-corrected chi connectivity index (χ2v) is 9.65. The Balaban J connectivity index is 1.78. The third-order valence-corrected chi connectivity index (χ3v) is 6.64. The lowest BCUT2D eigenvalue weighted by Gasteiger charge is -2.47. The number of nitrogens with zero attached hydrogens (tertiary/aromatic N) is 1. The first-order valence-electron chi connectivity index (χ1n) is 10.8. The molecule has 7 heteroatoms. The van der Waals surface area contributed by atoms with Gasteiger partial charge in [-0.15, -0.1) is 4.65 Å². The van der Waals surface area contributed by atoms with Gasteiger partial charge in [-0.1, -0.05) is 48.0 Å². The average Bonchev–Trinajstić information content (AvgIpc) is 3.11. The number of nitrogens with one attached hydrogen (secondary N) is 1. The number of quaternary nitrogens is 1. The summed E-state index contributed by atoms with van der Waals surface area (Å²) in [6.07, 6.45) is 2.57. The van der Waals surface area contributed by atoms with E-state index in [2.05, 4.69) is 37.4 Å². The van der Waals surface area contributed by atoms with Crippen LogP contribution in [0.15, 0.2) is 60.7 Å². The minimum absolute atomic E-state index is 0.0967. The van der Waals surface area contributed by atoms with E-state index in [-0.39, 0.29) is 22.1 Å². The van der Waals surface area contributed by atoms with Crippen LogP contribution < -0.4 is 5.32 Å². The van der Waals surface area contributed by atoms with Gasteiger partial charge in [0.2, 0.25) is 0 Å². The Morgan fingerprint density at radius 1 is 1.16 bits per heavy atom. The molecule has 1 aliphatic heterocycles. The number of carboxylic acids is 1. The number of rotatable bonds is 5. The van der Waals surface area contributed by atoms with Crippen LogP contribution in [0.1, 0.15) is 48.9 Å². The van der Waals surface area contributed by atoms with E-state index in [1.165, 1.54) is 11.1 Å². The first-order chi connectivity index (χ1) is 15.2. The van der Waals surface area contributed by atoms with Crippen molar-refractivity contribution in [1.29, 1.82) is 0 Å². The van der Waals surface area contributed by atoms with E-state index in [4.69, 9.17) is 21.5 Å². The zero-order chi connectivity index (χ0) is 22.9. The van der Waals surface area contributed by atoms with Crippen LogP contribution in [0, 0.1) is 0 Å². The van der Waals surface area contributed by atoms with Crippen molar-refractivity contribution in [3.05, 3.63) is 82.4 Å². The predicted octanol–water partition coefficient (Wildman–Crippen LogP) is 4.21. The topological polar surface area (TPSA) is 75.6 Å². The number of carbonyl (C=O) groups excluding carboxylic acids is 1. The van der Waals surface area contributed by atoms with E-state index < -0.39 is 11.9 Å². The Hall–Kier alpha value is -2.67. The molecule has 1 heterocycles. The SMILES string of the molecule is CC1(C)C[N+](OC(=O)/C=C\C(=O)O)([C@@H]2C[C@@H](c3ccccc3)c3ccc(Cl)cc32)CCN1. The quantitative estimate of drug-likeness (QED) is 0.521. The Morgan fingerprint density at radius 2 is 1.91 bits per heavy atom. The van der Waals surface area contributed by atoms with Crippen LogP contribution in [0.25, 0.3) is 0 Å². The molecular weight excluding hydrogens is 428 g/mol. The average molecular weight is 456 g/mol. The largest absolute Gasteiger partial charge is 0.478 e. The van der Waals surface area contributed by atoms with Gasteiger partial charge in [-0.2, -0.15) is 0 Å². The number of hydrogen-bond donors (Lipinski definition) is 2. The van der Waals surface area contributed by atoms with E-state index in [1.54, 1.807) is 0 Å². The van der Waals surface area contributed by atoms with Gasteiger partial charge in [-0.25, -0.2) is 9.59 Å². The standard InChI is InChI=1S/C25H27ClN2O4/c1-25(2)16-28(13-12-27-25,32-24(31)11-10-23(29)30)22-15-20(17-6-4-3-5-7-17)19-9-8-18(26)14-21(19)22/h3-11,14,20,22,27H,12-13,15-16H2,1-2H3/p+1/b11-10-/t20-,22+,28?/m0/s1. The summed E-state index contributed by atoms with van der Waals surface area (Å²) in [6.45, 7) is 5.97. The van der Waals surface area contributed by atoms with Crippen molar-refractivity contribution in [2.45, 2.75) is 37.8 Å². The number of fused-ring (bicyclic) bond motifs is 1. The maximum Gasteiger partial charge on any atom is 0.390 e. The van der Waals surface area contributed by atoms with Gasteiger partial charge in [0.1, 0.15) is 13.1 Å². The molecule has 2 aromatic carbocycles. The van der Waals surface area contributed by atoms with Crippen LogP contribution in [-0.4, -0.2) is 46.9 Å². The predicted molar refractivity (Wildman–Crippen MR) is 122 cm³/mol. The van der Waals surface area contributed by atoms with Crippen LogP contribution in [0.5, 0.6) is 0 Å². The summed E-state index contributed by atoms with van der Waals surface area (Å²) in [7, 11) is 0. The third kappa shape index (κ3) is 4.58. The molecule has 1 saturated heterocycles. The van der Waals surface area contributed by atoms with Gasteiger partial charge in [0, 0.05) is 41.6 Å². The summed E-state index contributed by atoms with van der Waals surface area (Å²) < 4.78 is 0.0967. The number of halogens is 1. The van der Waals surface area contributed by atoms with Gasteiger partial charge in [-0.3, -0.25) is 4.84 Å². The molecule has 1 fully saturated rings. The molecule has 2 aliphatic rings. The summed E-state index contributed by atoms with van der Waals surface area (Å²) in [4.78, 5) is 29.7. The first-order valence-corrected chi connectivity index (χ1v) is 11.2. The number of benzene rings is 2. The van der Waals surface area contributed by atoms with E-state index in [9.17, 15) is 9.59 Å². The minimum Gasteiger partial charge on any atom is -0.478 e. The van der Waals surface area contributed by atoms with Crippen molar-refractivity contribution in [3.8, 4) is 0 Å². The van der Waals surface area contributed by atoms with Gasteiger partial charge in [0.05, 0.1) is 5.54 Å². The molecule has 0 amide bonds. The van der Waals surface area contributed by atoms with Crippen LogP contribution in [0.2, 0.25) is 5.02 Å². The van der Waals surface area contributed by atoms with Crippen molar-refractivity contribution in [3.63, 3.8) is 0 Å². The zero-order valence-electron chi connectivity index (χ0n) is 18.3. The van der Waals surface area contributed by atoms with E-state index in [1.807, 2.05) is 30.3 Å². The number of carboxylic acid groups (broad SMARTS) is 1. The van der Waals surface area contributed by atoms with E-state index in [0.717, 1.165) is 24.1 Å². The zero-order valence-corrected chi connectivity index (χ0v) is 19.0. The highest BCUT2D eigenvalue weighted by atomic mass is 35.5. The van der Waals surface area contributed by atoms with Gasteiger partial charge in [0.25, 0.3) is 0 Å². The molecule has 0 saturated carbocycles. The van der Waals surface area contributed by atoms with Crippen LogP contribution in [-0.2, 0) is 14.4 Å². The number of aliphatic carboxylic acids is 1. The Morgan fingerprint density at radius 3 is 2.59 bits per heavy atom. The fourth-order valence-corrected chi connectivity index (χ4v) is 5.40. The lowest BCUT2D eigenvalue weighted by atomic mass is 9.93. The Kier molecular flexibility index (Phi) is 6.12. The van der Waals surface area contributed by atoms with Crippen molar-refractivity contribution in [1.82, 2.24) is 5.32 Å². The highest BCUT2D eigenvalue weighted by Gasteiger charge is 2.53. The lowest BCUT2D eigenvalue weighted by Crippen LogP contribution is -2.67.